The second kappa shape index (κ2) is 5.43. The molecule has 2 N–H and O–H groups in total. The zero-order valence-electron chi connectivity index (χ0n) is 6.53. The van der Waals surface area contributed by atoms with Gasteiger partial charge in [0.2, 0.25) is 0 Å². The van der Waals surface area contributed by atoms with Gasteiger partial charge in [0.1, 0.15) is 0 Å². The lowest BCUT2D eigenvalue weighted by Crippen LogP contribution is -2.15. The SMILES string of the molecule is CCC(O)CC(S)CC(=O)O. The van der Waals surface area contributed by atoms with Crippen molar-refractivity contribution in [1.29, 1.82) is 0 Å². The normalized spacial score (nSPS) is 15.9. The highest BCUT2D eigenvalue weighted by molar-refractivity contribution is 7.81. The summed E-state index contributed by atoms with van der Waals surface area (Å²) in [5.74, 6) is -0.867. The number of carboxylic acids is 1. The Hall–Kier alpha value is -0.220. The van der Waals surface area contributed by atoms with E-state index in [0.29, 0.717) is 12.8 Å². The Balaban J connectivity index is 3.51. The number of carbonyl (C=O) groups is 1. The maximum atomic E-state index is 10.1. The predicted octanol–water partition coefficient (Wildman–Crippen LogP) is 0.920. The molecule has 0 spiro atoms. The predicted molar refractivity (Wildman–Crippen MR) is 45.9 cm³/mol. The second-order valence-corrected chi connectivity index (χ2v) is 3.28. The average molecular weight is 178 g/mol. The number of hydrogen-bond acceptors (Lipinski definition) is 3. The number of carboxylic acid groups (broad SMARTS) is 1. The van der Waals surface area contributed by atoms with Crippen LogP contribution in [-0.4, -0.2) is 27.5 Å². The molecule has 0 fully saturated rings. The molecule has 3 nitrogen and oxygen atoms in total. The summed E-state index contributed by atoms with van der Waals surface area (Å²) < 4.78 is 0. The van der Waals surface area contributed by atoms with Crippen molar-refractivity contribution < 1.29 is 15.0 Å². The highest BCUT2D eigenvalue weighted by Crippen LogP contribution is 2.11. The molecule has 2 unspecified atom stereocenters. The van der Waals surface area contributed by atoms with Crippen molar-refractivity contribution in [2.45, 2.75) is 37.5 Å². The molecule has 0 amide bonds. The van der Waals surface area contributed by atoms with Crippen LogP contribution < -0.4 is 0 Å². The van der Waals surface area contributed by atoms with E-state index in [4.69, 9.17) is 10.2 Å². The van der Waals surface area contributed by atoms with Crippen LogP contribution in [0.25, 0.3) is 0 Å². The number of hydrogen-bond donors (Lipinski definition) is 3. The van der Waals surface area contributed by atoms with Crippen LogP contribution in [0.5, 0.6) is 0 Å². The van der Waals surface area contributed by atoms with Crippen molar-refractivity contribution in [1.82, 2.24) is 0 Å². The molecule has 11 heavy (non-hydrogen) atoms. The van der Waals surface area contributed by atoms with Crippen molar-refractivity contribution >= 4 is 18.6 Å². The molecule has 0 saturated heterocycles. The van der Waals surface area contributed by atoms with Gasteiger partial charge < -0.3 is 10.2 Å². The summed E-state index contributed by atoms with van der Waals surface area (Å²) in [6, 6.07) is 0. The topological polar surface area (TPSA) is 57.5 Å². The van der Waals surface area contributed by atoms with E-state index in [1.165, 1.54) is 0 Å². The average Bonchev–Trinajstić information content (AvgIpc) is 1.85. The molecule has 0 aromatic rings. The zero-order chi connectivity index (χ0) is 8.85. The molecule has 0 radical (unpaired) electrons. The van der Waals surface area contributed by atoms with Crippen LogP contribution in [0.4, 0.5) is 0 Å². The van der Waals surface area contributed by atoms with Crippen molar-refractivity contribution in [3.63, 3.8) is 0 Å². The standard InChI is InChI=1S/C7H14O3S/c1-2-5(8)3-6(11)4-7(9)10/h5-6,8,11H,2-4H2,1H3,(H,9,10). The summed E-state index contributed by atoms with van der Waals surface area (Å²) in [5, 5.41) is 17.2. The van der Waals surface area contributed by atoms with Crippen LogP contribution in [-0.2, 0) is 4.79 Å². The van der Waals surface area contributed by atoms with E-state index >= 15 is 0 Å². The number of rotatable bonds is 5. The summed E-state index contributed by atoms with van der Waals surface area (Å²) in [6.45, 7) is 1.85. The number of thiol groups is 1. The Morgan fingerprint density at radius 1 is 1.64 bits per heavy atom. The van der Waals surface area contributed by atoms with E-state index in [-0.39, 0.29) is 11.7 Å². The molecule has 0 aromatic heterocycles. The molecule has 0 saturated carbocycles. The van der Waals surface area contributed by atoms with Gasteiger partial charge in [-0.05, 0) is 12.8 Å². The third kappa shape index (κ3) is 6.19. The van der Waals surface area contributed by atoms with Crippen LogP contribution in [0.2, 0.25) is 0 Å². The Labute approximate surface area is 71.8 Å². The van der Waals surface area contributed by atoms with Gasteiger partial charge in [0.15, 0.2) is 0 Å². The Morgan fingerprint density at radius 3 is 2.55 bits per heavy atom. The summed E-state index contributed by atoms with van der Waals surface area (Å²) in [5.41, 5.74) is 0. The quantitative estimate of drug-likeness (QED) is 0.549. The first-order valence-corrected chi connectivity index (χ1v) is 4.15. The molecule has 0 aliphatic rings. The van der Waals surface area contributed by atoms with E-state index in [0.717, 1.165) is 0 Å². The smallest absolute Gasteiger partial charge is 0.304 e. The van der Waals surface area contributed by atoms with E-state index in [2.05, 4.69) is 12.6 Å². The molecule has 0 rings (SSSR count). The number of aliphatic hydroxyl groups excluding tert-OH is 1. The lowest BCUT2D eigenvalue weighted by atomic mass is 10.1. The third-order valence-electron chi connectivity index (χ3n) is 1.43. The van der Waals surface area contributed by atoms with Gasteiger partial charge in [-0.3, -0.25) is 4.79 Å². The fraction of sp³-hybridized carbons (Fsp3) is 0.857. The molecular weight excluding hydrogens is 164 g/mol. The molecular formula is C7H14O3S. The minimum absolute atomic E-state index is 0.0141. The van der Waals surface area contributed by atoms with Crippen LogP contribution >= 0.6 is 12.6 Å². The van der Waals surface area contributed by atoms with Crippen molar-refractivity contribution in [2.24, 2.45) is 0 Å². The van der Waals surface area contributed by atoms with Crippen LogP contribution in [0.3, 0.4) is 0 Å². The third-order valence-corrected chi connectivity index (χ3v) is 1.82. The van der Waals surface area contributed by atoms with Gasteiger partial charge in [-0.1, -0.05) is 6.92 Å². The highest BCUT2D eigenvalue weighted by atomic mass is 32.1. The van der Waals surface area contributed by atoms with Crippen LogP contribution in [0.15, 0.2) is 0 Å². The summed E-state index contributed by atoms with van der Waals surface area (Å²) >= 11 is 4.02. The Kier molecular flexibility index (Phi) is 5.32. The highest BCUT2D eigenvalue weighted by Gasteiger charge is 2.12. The minimum Gasteiger partial charge on any atom is -0.481 e. The molecule has 66 valence electrons. The lowest BCUT2D eigenvalue weighted by molar-refractivity contribution is -0.137. The number of aliphatic carboxylic acids is 1. The van der Waals surface area contributed by atoms with Gasteiger partial charge in [-0.25, -0.2) is 0 Å². The van der Waals surface area contributed by atoms with E-state index < -0.39 is 12.1 Å². The zero-order valence-corrected chi connectivity index (χ0v) is 7.42. The van der Waals surface area contributed by atoms with Gasteiger partial charge in [0.25, 0.3) is 0 Å². The first-order valence-electron chi connectivity index (χ1n) is 3.64. The van der Waals surface area contributed by atoms with Crippen molar-refractivity contribution in [2.75, 3.05) is 0 Å². The van der Waals surface area contributed by atoms with Gasteiger partial charge >= 0.3 is 5.97 Å². The molecule has 0 bridgehead atoms. The van der Waals surface area contributed by atoms with Gasteiger partial charge in [0.05, 0.1) is 12.5 Å². The fourth-order valence-electron chi connectivity index (χ4n) is 0.766. The molecule has 0 heterocycles. The van der Waals surface area contributed by atoms with E-state index in [9.17, 15) is 4.79 Å². The van der Waals surface area contributed by atoms with Gasteiger partial charge in [0, 0.05) is 5.25 Å². The maximum absolute atomic E-state index is 10.1. The largest absolute Gasteiger partial charge is 0.481 e. The van der Waals surface area contributed by atoms with E-state index in [1.807, 2.05) is 6.92 Å². The Morgan fingerprint density at radius 2 is 2.18 bits per heavy atom. The van der Waals surface area contributed by atoms with Crippen molar-refractivity contribution in [3.8, 4) is 0 Å². The molecule has 0 aromatic carbocycles. The van der Waals surface area contributed by atoms with Gasteiger partial charge in [-0.2, -0.15) is 12.6 Å². The molecule has 0 aliphatic heterocycles. The fourth-order valence-corrected chi connectivity index (χ4v) is 1.17. The number of aliphatic hydroxyl groups is 1. The van der Waals surface area contributed by atoms with Crippen molar-refractivity contribution in [3.05, 3.63) is 0 Å². The molecule has 4 heteroatoms. The summed E-state index contributed by atoms with van der Waals surface area (Å²) in [7, 11) is 0. The summed E-state index contributed by atoms with van der Waals surface area (Å²) in [6.07, 6.45) is 0.694. The first kappa shape index (κ1) is 10.8. The summed E-state index contributed by atoms with van der Waals surface area (Å²) in [4.78, 5) is 10.1. The van der Waals surface area contributed by atoms with Gasteiger partial charge in [-0.15, -0.1) is 0 Å². The second-order valence-electron chi connectivity index (χ2n) is 2.55. The molecule has 2 atom stereocenters. The van der Waals surface area contributed by atoms with E-state index in [1.54, 1.807) is 0 Å². The molecule has 0 aliphatic carbocycles. The maximum Gasteiger partial charge on any atom is 0.304 e. The monoisotopic (exact) mass is 178 g/mol. The first-order chi connectivity index (χ1) is 5.06. The van der Waals surface area contributed by atoms with Crippen LogP contribution in [0, 0.1) is 0 Å². The minimum atomic E-state index is -0.867. The Bertz CT molecular complexity index is 127. The lowest BCUT2D eigenvalue weighted by Gasteiger charge is -2.11. The van der Waals surface area contributed by atoms with Crippen LogP contribution in [0.1, 0.15) is 26.2 Å².